The number of piperidine rings is 1. The Morgan fingerprint density at radius 3 is 2.55 bits per heavy atom. The highest BCUT2D eigenvalue weighted by Crippen LogP contribution is 2.22. The summed E-state index contributed by atoms with van der Waals surface area (Å²) in [5.41, 5.74) is 2.22. The highest BCUT2D eigenvalue weighted by molar-refractivity contribution is 7.92. The van der Waals surface area contributed by atoms with Crippen LogP contribution in [0.2, 0.25) is 0 Å². The van der Waals surface area contributed by atoms with Crippen LogP contribution in [-0.2, 0) is 16.1 Å². The summed E-state index contributed by atoms with van der Waals surface area (Å²) >= 11 is -0.165. The number of hydrogen-bond donors (Lipinski definition) is 0. The van der Waals surface area contributed by atoms with Gasteiger partial charge in [0.05, 0.1) is 18.4 Å². The Balaban J connectivity index is 1.67. The SMILES string of the molecule is CN(SF)C(=O)CCC(C=O)N(C)Cc1c(C#CC2CCN(c3cnc(C=O)cn3)CC2)cccc1C=O. The molecule has 1 aliphatic rings. The molecule has 1 unspecified atom stereocenters. The van der Waals surface area contributed by atoms with E-state index in [4.69, 9.17) is 0 Å². The predicted octanol–water partition coefficient (Wildman–Crippen LogP) is 3.14. The molecule has 2 aromatic rings. The van der Waals surface area contributed by atoms with Gasteiger partial charge in [0.1, 0.15) is 24.1 Å². The van der Waals surface area contributed by atoms with Crippen LogP contribution >= 0.6 is 12.3 Å². The van der Waals surface area contributed by atoms with Gasteiger partial charge in [-0.05, 0) is 37.9 Å². The number of benzene rings is 1. The Kier molecular flexibility index (Phi) is 10.9. The summed E-state index contributed by atoms with van der Waals surface area (Å²) in [6.45, 7) is 1.81. The third-order valence-corrected chi connectivity index (χ3v) is 7.00. The first-order valence-electron chi connectivity index (χ1n) is 12.2. The number of anilines is 1. The van der Waals surface area contributed by atoms with Crippen LogP contribution in [0.5, 0.6) is 0 Å². The van der Waals surface area contributed by atoms with Crippen LogP contribution in [0.15, 0.2) is 30.6 Å². The molecule has 3 rings (SSSR count). The van der Waals surface area contributed by atoms with E-state index in [2.05, 4.69) is 26.7 Å². The maximum atomic E-state index is 12.6. The first-order valence-corrected chi connectivity index (χ1v) is 12.9. The Morgan fingerprint density at radius 1 is 1.18 bits per heavy atom. The third kappa shape index (κ3) is 7.69. The van der Waals surface area contributed by atoms with Gasteiger partial charge in [-0.3, -0.25) is 23.6 Å². The van der Waals surface area contributed by atoms with E-state index in [-0.39, 0.29) is 37.6 Å². The molecule has 9 nitrogen and oxygen atoms in total. The minimum atomic E-state index is -0.578. The van der Waals surface area contributed by atoms with Crippen molar-refractivity contribution in [1.29, 1.82) is 0 Å². The van der Waals surface area contributed by atoms with Crippen LogP contribution in [0.1, 0.15) is 57.7 Å². The molecular formula is C27H30FN5O4S. The lowest BCUT2D eigenvalue weighted by Gasteiger charge is -2.30. The molecule has 1 aliphatic heterocycles. The summed E-state index contributed by atoms with van der Waals surface area (Å²) < 4.78 is 13.5. The van der Waals surface area contributed by atoms with E-state index >= 15 is 0 Å². The molecular weight excluding hydrogens is 509 g/mol. The van der Waals surface area contributed by atoms with Crippen molar-refractivity contribution in [3.05, 3.63) is 53.0 Å². The molecule has 1 aromatic heterocycles. The molecule has 200 valence electrons. The third-order valence-electron chi connectivity index (χ3n) is 6.59. The van der Waals surface area contributed by atoms with Crippen LogP contribution < -0.4 is 4.90 Å². The molecule has 0 saturated carbocycles. The number of aromatic nitrogens is 2. The molecule has 1 fully saturated rings. The molecule has 1 aromatic carbocycles. The first-order chi connectivity index (χ1) is 18.4. The summed E-state index contributed by atoms with van der Waals surface area (Å²) in [4.78, 5) is 58.5. The summed E-state index contributed by atoms with van der Waals surface area (Å²) in [5, 5.41) is 0. The molecule has 2 heterocycles. The molecule has 0 spiro atoms. The van der Waals surface area contributed by atoms with Crippen molar-refractivity contribution in [1.82, 2.24) is 19.2 Å². The summed E-state index contributed by atoms with van der Waals surface area (Å²) in [5.74, 6) is 7.08. The highest BCUT2D eigenvalue weighted by atomic mass is 32.2. The Morgan fingerprint density at radius 2 is 1.95 bits per heavy atom. The van der Waals surface area contributed by atoms with Crippen LogP contribution in [0.4, 0.5) is 9.70 Å². The topological polar surface area (TPSA) is 104 Å². The molecule has 1 saturated heterocycles. The van der Waals surface area contributed by atoms with Gasteiger partial charge in [0.2, 0.25) is 5.91 Å². The fraction of sp³-hybridized carbons (Fsp3) is 0.407. The number of rotatable bonds is 11. The number of carbonyl (C=O) groups is 4. The van der Waals surface area contributed by atoms with E-state index in [1.807, 2.05) is 6.07 Å². The van der Waals surface area contributed by atoms with Crippen molar-refractivity contribution >= 4 is 42.9 Å². The standard InChI is InChI=1S/C27H30FN5O4S/c1-31(24(19-36)8-9-27(37)32(2)38-28)16-25-21(4-3-5-22(25)17-34)7-6-20-10-12-33(13-11-20)26-15-29-23(18-35)14-30-26/h3-5,14-15,17-20,24H,8-13,16H2,1-2H3. The average molecular weight is 540 g/mol. The second kappa shape index (κ2) is 14.4. The lowest BCUT2D eigenvalue weighted by atomic mass is 9.95. The number of carbonyl (C=O) groups excluding carboxylic acids is 4. The zero-order valence-electron chi connectivity index (χ0n) is 21.4. The van der Waals surface area contributed by atoms with E-state index in [0.29, 0.717) is 23.1 Å². The van der Waals surface area contributed by atoms with Crippen molar-refractivity contribution in [3.8, 4) is 11.8 Å². The number of nitrogens with zero attached hydrogens (tertiary/aromatic N) is 5. The van der Waals surface area contributed by atoms with Gasteiger partial charge in [-0.25, -0.2) is 9.97 Å². The molecule has 38 heavy (non-hydrogen) atoms. The van der Waals surface area contributed by atoms with Gasteiger partial charge < -0.3 is 9.69 Å². The lowest BCUT2D eigenvalue weighted by molar-refractivity contribution is -0.125. The van der Waals surface area contributed by atoms with E-state index < -0.39 is 11.9 Å². The van der Waals surface area contributed by atoms with Gasteiger partial charge >= 0.3 is 0 Å². The predicted molar refractivity (Wildman–Crippen MR) is 143 cm³/mol. The van der Waals surface area contributed by atoms with Gasteiger partial charge in [0.15, 0.2) is 18.6 Å². The minimum absolute atomic E-state index is 0.0225. The van der Waals surface area contributed by atoms with Gasteiger partial charge in [-0.15, -0.1) is 3.89 Å². The van der Waals surface area contributed by atoms with Crippen LogP contribution in [-0.4, -0.2) is 77.2 Å². The van der Waals surface area contributed by atoms with Crippen molar-refractivity contribution < 1.29 is 23.1 Å². The molecule has 11 heteroatoms. The van der Waals surface area contributed by atoms with Crippen molar-refractivity contribution in [2.45, 2.75) is 38.3 Å². The lowest BCUT2D eigenvalue weighted by Crippen LogP contribution is -2.34. The summed E-state index contributed by atoms with van der Waals surface area (Å²) in [7, 11) is 3.08. The molecule has 1 atom stereocenters. The largest absolute Gasteiger partial charge is 0.355 e. The normalized spacial score (nSPS) is 14.4. The summed E-state index contributed by atoms with van der Waals surface area (Å²) in [6.07, 6.45) is 7.18. The fourth-order valence-electron chi connectivity index (χ4n) is 4.22. The number of hydrogen-bond acceptors (Lipinski definition) is 9. The van der Waals surface area contributed by atoms with Gasteiger partial charge in [0.25, 0.3) is 0 Å². The second-order valence-electron chi connectivity index (χ2n) is 9.06. The van der Waals surface area contributed by atoms with Gasteiger partial charge in [-0.1, -0.05) is 24.0 Å². The van der Waals surface area contributed by atoms with E-state index in [1.54, 1.807) is 30.3 Å². The zero-order valence-corrected chi connectivity index (χ0v) is 22.2. The van der Waals surface area contributed by atoms with Crippen molar-refractivity contribution in [2.24, 2.45) is 5.92 Å². The first kappa shape index (κ1) is 28.9. The summed E-state index contributed by atoms with van der Waals surface area (Å²) in [6, 6.07) is 4.77. The van der Waals surface area contributed by atoms with E-state index in [9.17, 15) is 23.1 Å². The molecule has 0 radical (unpaired) electrons. The van der Waals surface area contributed by atoms with Crippen molar-refractivity contribution in [3.63, 3.8) is 0 Å². The maximum Gasteiger partial charge on any atom is 0.234 e. The smallest absolute Gasteiger partial charge is 0.234 e. The molecule has 1 amide bonds. The second-order valence-corrected chi connectivity index (χ2v) is 9.74. The zero-order chi connectivity index (χ0) is 27.5. The van der Waals surface area contributed by atoms with Crippen LogP contribution in [0.25, 0.3) is 0 Å². The quantitative estimate of drug-likeness (QED) is 0.242. The van der Waals surface area contributed by atoms with Gasteiger partial charge in [-0.2, -0.15) is 0 Å². The Hall–Kier alpha value is -3.62. The average Bonchev–Trinajstić information content (AvgIpc) is 2.96. The maximum absolute atomic E-state index is 12.6. The monoisotopic (exact) mass is 539 g/mol. The number of amides is 1. The van der Waals surface area contributed by atoms with Crippen molar-refractivity contribution in [2.75, 3.05) is 32.1 Å². The number of likely N-dealkylation sites (N-methyl/N-ethyl adjacent to an activating group) is 1. The molecule has 0 aliphatic carbocycles. The Bertz CT molecular complexity index is 1190. The fourth-order valence-corrected chi connectivity index (χ4v) is 4.39. The Labute approximate surface area is 226 Å². The highest BCUT2D eigenvalue weighted by Gasteiger charge is 2.21. The number of aldehydes is 3. The minimum Gasteiger partial charge on any atom is -0.355 e. The van der Waals surface area contributed by atoms with Crippen LogP contribution in [0, 0.1) is 17.8 Å². The van der Waals surface area contributed by atoms with E-state index in [1.165, 1.54) is 13.2 Å². The van der Waals surface area contributed by atoms with E-state index in [0.717, 1.165) is 54.2 Å². The molecule has 0 N–H and O–H groups in total. The number of halogens is 1. The molecule has 0 bridgehead atoms. The van der Waals surface area contributed by atoms with Gasteiger partial charge in [0, 0.05) is 50.1 Å². The van der Waals surface area contributed by atoms with Crippen LogP contribution in [0.3, 0.4) is 0 Å².